The molecule has 4 aromatic carbocycles. The molecule has 0 amide bonds. The molecular formula is C25H19N. The van der Waals surface area contributed by atoms with Crippen molar-refractivity contribution in [3.05, 3.63) is 90.1 Å². The van der Waals surface area contributed by atoms with E-state index in [0.717, 1.165) is 11.4 Å². The molecule has 0 saturated carbocycles. The third-order valence-corrected chi connectivity index (χ3v) is 5.35. The van der Waals surface area contributed by atoms with Crippen molar-refractivity contribution >= 4 is 32.3 Å². The van der Waals surface area contributed by atoms with Crippen LogP contribution in [-0.4, -0.2) is 4.98 Å². The summed E-state index contributed by atoms with van der Waals surface area (Å²) < 4.78 is 0. The summed E-state index contributed by atoms with van der Waals surface area (Å²) in [6, 6.07) is 27.9. The average Bonchev–Trinajstić information content (AvgIpc) is 2.70. The molecular weight excluding hydrogens is 314 g/mol. The van der Waals surface area contributed by atoms with Crippen LogP contribution in [0.15, 0.2) is 78.9 Å². The van der Waals surface area contributed by atoms with Gasteiger partial charge in [0.15, 0.2) is 0 Å². The van der Waals surface area contributed by atoms with Gasteiger partial charge in [-0.3, -0.25) is 4.98 Å². The zero-order chi connectivity index (χ0) is 17.7. The fraction of sp³-hybridized carbons (Fsp3) is 0.0800. The molecule has 0 aliphatic carbocycles. The van der Waals surface area contributed by atoms with Gasteiger partial charge >= 0.3 is 0 Å². The lowest BCUT2D eigenvalue weighted by atomic mass is 9.90. The van der Waals surface area contributed by atoms with Crippen LogP contribution >= 0.6 is 0 Å². The van der Waals surface area contributed by atoms with Crippen LogP contribution in [0.2, 0.25) is 0 Å². The fourth-order valence-corrected chi connectivity index (χ4v) is 4.21. The highest BCUT2D eigenvalue weighted by Crippen LogP contribution is 2.40. The highest BCUT2D eigenvalue weighted by atomic mass is 14.7. The van der Waals surface area contributed by atoms with Crippen molar-refractivity contribution < 1.29 is 0 Å². The lowest BCUT2D eigenvalue weighted by Crippen LogP contribution is -1.96. The maximum Gasteiger partial charge on any atom is 0.0740 e. The number of nitrogens with zero attached hydrogens (tertiary/aromatic N) is 1. The molecule has 0 unspecified atom stereocenters. The minimum Gasteiger partial charge on any atom is -0.252 e. The third-order valence-electron chi connectivity index (χ3n) is 5.35. The van der Waals surface area contributed by atoms with Crippen molar-refractivity contribution in [2.45, 2.75) is 13.8 Å². The van der Waals surface area contributed by atoms with Crippen LogP contribution in [-0.2, 0) is 0 Å². The van der Waals surface area contributed by atoms with Crippen molar-refractivity contribution in [2.75, 3.05) is 0 Å². The molecule has 0 aliphatic rings. The molecule has 0 N–H and O–H groups in total. The quantitative estimate of drug-likeness (QED) is 0.306. The first kappa shape index (κ1) is 15.1. The molecule has 5 aromatic rings. The van der Waals surface area contributed by atoms with Crippen molar-refractivity contribution in [3.8, 4) is 11.3 Å². The van der Waals surface area contributed by atoms with Gasteiger partial charge < -0.3 is 0 Å². The van der Waals surface area contributed by atoms with Crippen molar-refractivity contribution in [2.24, 2.45) is 0 Å². The van der Waals surface area contributed by atoms with Crippen LogP contribution in [0, 0.1) is 13.8 Å². The number of hydrogen-bond donors (Lipinski definition) is 0. The second-order valence-electron chi connectivity index (χ2n) is 6.88. The van der Waals surface area contributed by atoms with Gasteiger partial charge in [0.05, 0.1) is 5.69 Å². The maximum absolute atomic E-state index is 5.03. The monoisotopic (exact) mass is 333 g/mol. The molecule has 1 heteroatoms. The lowest BCUT2D eigenvalue weighted by molar-refractivity contribution is 1.22. The van der Waals surface area contributed by atoms with Gasteiger partial charge in [0.1, 0.15) is 0 Å². The summed E-state index contributed by atoms with van der Waals surface area (Å²) in [5.41, 5.74) is 4.59. The summed E-state index contributed by atoms with van der Waals surface area (Å²) in [6.07, 6.45) is 0. The SMILES string of the molecule is Cc1nc(-c2ccccc2)c(C)c2c3ccccc3c3ccccc3c12. The first-order valence-electron chi connectivity index (χ1n) is 9.01. The van der Waals surface area contributed by atoms with Gasteiger partial charge in [-0.2, -0.15) is 0 Å². The van der Waals surface area contributed by atoms with E-state index >= 15 is 0 Å². The molecule has 26 heavy (non-hydrogen) atoms. The lowest BCUT2D eigenvalue weighted by Gasteiger charge is -2.17. The molecule has 0 atom stereocenters. The Morgan fingerprint density at radius 2 is 1.04 bits per heavy atom. The molecule has 5 rings (SSSR count). The Hall–Kier alpha value is -3.19. The van der Waals surface area contributed by atoms with E-state index in [-0.39, 0.29) is 0 Å². The van der Waals surface area contributed by atoms with Gasteiger partial charge in [-0.25, -0.2) is 0 Å². The summed E-state index contributed by atoms with van der Waals surface area (Å²) in [6.45, 7) is 4.34. The number of rotatable bonds is 1. The van der Waals surface area contributed by atoms with E-state index in [1.54, 1.807) is 0 Å². The van der Waals surface area contributed by atoms with Crippen LogP contribution in [0.3, 0.4) is 0 Å². The maximum atomic E-state index is 5.03. The minimum absolute atomic E-state index is 1.08. The van der Waals surface area contributed by atoms with Crippen molar-refractivity contribution in [1.82, 2.24) is 4.98 Å². The highest BCUT2D eigenvalue weighted by molar-refractivity contribution is 6.27. The van der Waals surface area contributed by atoms with Crippen molar-refractivity contribution in [1.29, 1.82) is 0 Å². The zero-order valence-electron chi connectivity index (χ0n) is 15.0. The minimum atomic E-state index is 1.08. The van der Waals surface area contributed by atoms with Gasteiger partial charge in [0.25, 0.3) is 0 Å². The van der Waals surface area contributed by atoms with E-state index in [1.165, 1.54) is 43.4 Å². The van der Waals surface area contributed by atoms with E-state index < -0.39 is 0 Å². The highest BCUT2D eigenvalue weighted by Gasteiger charge is 2.16. The van der Waals surface area contributed by atoms with Crippen LogP contribution in [0.4, 0.5) is 0 Å². The smallest absolute Gasteiger partial charge is 0.0740 e. The zero-order valence-corrected chi connectivity index (χ0v) is 15.0. The molecule has 0 bridgehead atoms. The Morgan fingerprint density at radius 1 is 0.538 bits per heavy atom. The van der Waals surface area contributed by atoms with Crippen LogP contribution < -0.4 is 0 Å². The number of benzene rings is 4. The molecule has 0 fully saturated rings. The Balaban J connectivity index is 2.07. The summed E-state index contributed by atoms with van der Waals surface area (Å²) in [5.74, 6) is 0. The van der Waals surface area contributed by atoms with E-state index in [2.05, 4.69) is 92.7 Å². The number of hydrogen-bond acceptors (Lipinski definition) is 1. The first-order valence-corrected chi connectivity index (χ1v) is 9.01. The van der Waals surface area contributed by atoms with Gasteiger partial charge in [0.2, 0.25) is 0 Å². The molecule has 124 valence electrons. The summed E-state index contributed by atoms with van der Waals surface area (Å²) >= 11 is 0. The second-order valence-corrected chi connectivity index (χ2v) is 6.88. The standard InChI is InChI=1S/C25H19N/c1-16-23-21-14-8-6-12-19(21)20-13-7-9-15-22(20)24(23)17(2)26-25(16)18-10-4-3-5-11-18/h3-15H,1-2H3. The van der Waals surface area contributed by atoms with Crippen LogP contribution in [0.25, 0.3) is 43.6 Å². The molecule has 0 radical (unpaired) electrons. The Bertz CT molecular complexity index is 1280. The predicted octanol–water partition coefficient (Wildman–Crippen LogP) is 6.83. The van der Waals surface area contributed by atoms with Crippen LogP contribution in [0.1, 0.15) is 11.3 Å². The summed E-state index contributed by atoms with van der Waals surface area (Å²) in [7, 11) is 0. The Labute approximate surface area is 152 Å². The molecule has 1 nitrogen and oxygen atoms in total. The Kier molecular flexibility index (Phi) is 3.29. The molecule has 1 heterocycles. The summed E-state index contributed by atoms with van der Waals surface area (Å²) in [4.78, 5) is 5.03. The predicted molar refractivity (Wildman–Crippen MR) is 112 cm³/mol. The van der Waals surface area contributed by atoms with E-state index in [9.17, 15) is 0 Å². The first-order chi connectivity index (χ1) is 12.8. The summed E-state index contributed by atoms with van der Waals surface area (Å²) in [5, 5.41) is 7.80. The Morgan fingerprint density at radius 3 is 1.65 bits per heavy atom. The fourth-order valence-electron chi connectivity index (χ4n) is 4.21. The molecule has 1 aromatic heterocycles. The molecule has 0 spiro atoms. The topological polar surface area (TPSA) is 12.9 Å². The van der Waals surface area contributed by atoms with Gasteiger partial charge in [-0.05, 0) is 46.3 Å². The normalized spacial score (nSPS) is 11.5. The van der Waals surface area contributed by atoms with E-state index in [4.69, 9.17) is 4.98 Å². The number of aryl methyl sites for hydroxylation is 2. The number of pyridine rings is 1. The van der Waals surface area contributed by atoms with Gasteiger partial charge in [-0.1, -0.05) is 78.9 Å². The van der Waals surface area contributed by atoms with Gasteiger partial charge in [0, 0.05) is 16.6 Å². The largest absolute Gasteiger partial charge is 0.252 e. The molecule has 0 aliphatic heterocycles. The average molecular weight is 333 g/mol. The van der Waals surface area contributed by atoms with E-state index in [0.29, 0.717) is 0 Å². The van der Waals surface area contributed by atoms with Crippen LogP contribution in [0.5, 0.6) is 0 Å². The second kappa shape index (κ2) is 5.67. The molecule has 0 saturated heterocycles. The number of aromatic nitrogens is 1. The van der Waals surface area contributed by atoms with Gasteiger partial charge in [-0.15, -0.1) is 0 Å². The number of fused-ring (bicyclic) bond motifs is 6. The van der Waals surface area contributed by atoms with E-state index in [1.807, 2.05) is 0 Å². The van der Waals surface area contributed by atoms with Crippen molar-refractivity contribution in [3.63, 3.8) is 0 Å². The third kappa shape index (κ3) is 2.07.